The Balaban J connectivity index is 1.47. The average Bonchev–Trinajstić information content (AvgIpc) is 3.04. The van der Waals surface area contributed by atoms with Gasteiger partial charge in [-0.25, -0.2) is 8.42 Å². The molecule has 10 heteroatoms. The van der Waals surface area contributed by atoms with E-state index in [9.17, 15) is 18.0 Å². The first-order chi connectivity index (χ1) is 21.6. The first-order valence-electron chi connectivity index (χ1n) is 15.1. The van der Waals surface area contributed by atoms with Crippen LogP contribution in [-0.2, 0) is 32.6 Å². The third-order valence-electron chi connectivity index (χ3n) is 8.37. The lowest BCUT2D eigenvalue weighted by atomic mass is 9.94. The molecule has 236 valence electrons. The van der Waals surface area contributed by atoms with Gasteiger partial charge in [-0.2, -0.15) is 4.31 Å². The molecule has 0 bridgehead atoms. The van der Waals surface area contributed by atoms with E-state index in [4.69, 9.17) is 23.2 Å². The molecule has 1 saturated carbocycles. The molecule has 5 rings (SSSR count). The van der Waals surface area contributed by atoms with E-state index in [-0.39, 0.29) is 29.8 Å². The molecular formula is C35H37Cl2N3O4S. The number of benzene rings is 4. The molecule has 4 aromatic carbocycles. The highest BCUT2D eigenvalue weighted by molar-refractivity contribution is 7.89. The van der Waals surface area contributed by atoms with E-state index in [0.29, 0.717) is 15.6 Å². The molecule has 0 saturated heterocycles. The first-order valence-corrected chi connectivity index (χ1v) is 17.3. The minimum absolute atomic E-state index is 0.00567. The van der Waals surface area contributed by atoms with Crippen LogP contribution < -0.4 is 5.32 Å². The normalized spacial score (nSPS) is 14.8. The Morgan fingerprint density at radius 3 is 2.27 bits per heavy atom. The highest BCUT2D eigenvalue weighted by atomic mass is 35.5. The van der Waals surface area contributed by atoms with Gasteiger partial charge in [0.1, 0.15) is 6.04 Å². The molecule has 7 nitrogen and oxygen atoms in total. The van der Waals surface area contributed by atoms with Crippen molar-refractivity contribution >= 4 is 55.8 Å². The number of sulfonamides is 1. The van der Waals surface area contributed by atoms with Crippen LogP contribution in [0.3, 0.4) is 0 Å². The Morgan fingerprint density at radius 1 is 0.867 bits per heavy atom. The van der Waals surface area contributed by atoms with Gasteiger partial charge in [0.05, 0.1) is 11.4 Å². The number of rotatable bonds is 11. The Kier molecular flexibility index (Phi) is 10.8. The van der Waals surface area contributed by atoms with E-state index < -0.39 is 28.5 Å². The second kappa shape index (κ2) is 14.8. The summed E-state index contributed by atoms with van der Waals surface area (Å²) in [6, 6.07) is 26.0. The monoisotopic (exact) mass is 665 g/mol. The topological polar surface area (TPSA) is 86.8 Å². The summed E-state index contributed by atoms with van der Waals surface area (Å²) in [5.41, 5.74) is 1.47. The quantitative estimate of drug-likeness (QED) is 0.190. The van der Waals surface area contributed by atoms with Crippen molar-refractivity contribution in [1.82, 2.24) is 14.5 Å². The van der Waals surface area contributed by atoms with Crippen LogP contribution in [-0.4, -0.2) is 55.1 Å². The average molecular weight is 667 g/mol. The van der Waals surface area contributed by atoms with Gasteiger partial charge in [0.15, 0.2) is 0 Å². The number of amides is 2. The summed E-state index contributed by atoms with van der Waals surface area (Å²) < 4.78 is 28.4. The number of likely N-dealkylation sites (N-methyl/N-ethyl adjacent to an activating group) is 1. The molecule has 1 unspecified atom stereocenters. The first kappa shape index (κ1) is 32.9. The third kappa shape index (κ3) is 8.24. The number of hydrogen-bond donors (Lipinski definition) is 1. The van der Waals surface area contributed by atoms with E-state index in [1.54, 1.807) is 36.4 Å². The highest BCUT2D eigenvalue weighted by Gasteiger charge is 2.34. The SMILES string of the molecule is CN(CC(=O)N(Cc1ccc(Cl)cc1Cl)C(Cc1ccccc1)C(=O)NC1CCCCC1)S(=O)(=O)c1ccc2ccccc2c1. The summed E-state index contributed by atoms with van der Waals surface area (Å²) >= 11 is 12.7. The van der Waals surface area contributed by atoms with E-state index in [1.807, 2.05) is 54.6 Å². The molecule has 0 radical (unpaired) electrons. The fourth-order valence-corrected chi connectivity index (χ4v) is 7.43. The van der Waals surface area contributed by atoms with Gasteiger partial charge in [0.25, 0.3) is 0 Å². The Bertz CT molecular complexity index is 1760. The largest absolute Gasteiger partial charge is 0.352 e. The molecular weight excluding hydrogens is 629 g/mol. The summed E-state index contributed by atoms with van der Waals surface area (Å²) in [6.07, 6.45) is 5.22. The third-order valence-corrected chi connectivity index (χ3v) is 10.8. The molecule has 1 fully saturated rings. The number of hydrogen-bond acceptors (Lipinski definition) is 4. The van der Waals surface area contributed by atoms with E-state index in [1.165, 1.54) is 11.9 Å². The fourth-order valence-electron chi connectivity index (χ4n) is 5.81. The van der Waals surface area contributed by atoms with Gasteiger partial charge in [0.2, 0.25) is 21.8 Å². The van der Waals surface area contributed by atoms with Gasteiger partial charge >= 0.3 is 0 Å². The van der Waals surface area contributed by atoms with Crippen LogP contribution in [0, 0.1) is 0 Å². The lowest BCUT2D eigenvalue weighted by molar-refractivity contribution is -0.141. The van der Waals surface area contributed by atoms with Crippen molar-refractivity contribution in [3.05, 3.63) is 112 Å². The zero-order chi connectivity index (χ0) is 32.0. The molecule has 4 aromatic rings. The summed E-state index contributed by atoms with van der Waals surface area (Å²) in [4.78, 5) is 29.8. The standard InChI is InChI=1S/C35H37Cl2N3O4S/c1-39(45(43,44)31-19-17-26-12-8-9-13-27(26)21-31)24-34(41)40(23-28-16-18-29(36)22-32(28)37)33(20-25-10-4-2-5-11-25)35(42)38-30-14-6-3-7-15-30/h2,4-5,8-13,16-19,21-22,30,33H,3,6-7,14-15,20,23-24H2,1H3,(H,38,42). The molecule has 0 heterocycles. The predicted octanol–water partition coefficient (Wildman–Crippen LogP) is 6.86. The van der Waals surface area contributed by atoms with Crippen molar-refractivity contribution in [2.75, 3.05) is 13.6 Å². The van der Waals surface area contributed by atoms with Crippen LogP contribution >= 0.6 is 23.2 Å². The highest BCUT2D eigenvalue weighted by Crippen LogP contribution is 2.26. The number of carbonyl (C=O) groups excluding carboxylic acids is 2. The minimum atomic E-state index is -4.03. The molecule has 1 N–H and O–H groups in total. The van der Waals surface area contributed by atoms with Gasteiger partial charge in [-0.3, -0.25) is 9.59 Å². The lowest BCUT2D eigenvalue weighted by Crippen LogP contribution is -2.54. The maximum atomic E-state index is 14.2. The Hall–Kier alpha value is -3.43. The van der Waals surface area contributed by atoms with Crippen LogP contribution in [0.1, 0.15) is 43.2 Å². The Labute approximate surface area is 275 Å². The fraction of sp³-hybridized carbons (Fsp3) is 0.314. The van der Waals surface area contributed by atoms with Crippen LogP contribution in [0.4, 0.5) is 0 Å². The molecule has 1 aliphatic rings. The van der Waals surface area contributed by atoms with Gasteiger partial charge in [-0.05, 0) is 59.0 Å². The summed E-state index contributed by atoms with van der Waals surface area (Å²) in [5.74, 6) is -0.795. The van der Waals surface area contributed by atoms with E-state index >= 15 is 0 Å². The Morgan fingerprint density at radius 2 is 1.56 bits per heavy atom. The second-order valence-corrected chi connectivity index (χ2v) is 14.5. The number of halogens is 2. The lowest BCUT2D eigenvalue weighted by Gasteiger charge is -2.34. The van der Waals surface area contributed by atoms with Crippen LogP contribution in [0.15, 0.2) is 95.9 Å². The van der Waals surface area contributed by atoms with Gasteiger partial charge in [-0.15, -0.1) is 0 Å². The van der Waals surface area contributed by atoms with Crippen molar-refractivity contribution in [3.8, 4) is 0 Å². The van der Waals surface area contributed by atoms with Crippen molar-refractivity contribution in [2.24, 2.45) is 0 Å². The number of nitrogens with one attached hydrogen (secondary N) is 1. The summed E-state index contributed by atoms with van der Waals surface area (Å²) in [7, 11) is -2.65. The summed E-state index contributed by atoms with van der Waals surface area (Å²) in [6.45, 7) is -0.476. The van der Waals surface area contributed by atoms with Gasteiger partial charge in [-0.1, -0.05) is 109 Å². The number of fused-ring (bicyclic) bond motifs is 1. The van der Waals surface area contributed by atoms with E-state index in [0.717, 1.165) is 52.7 Å². The van der Waals surface area contributed by atoms with Crippen molar-refractivity contribution < 1.29 is 18.0 Å². The molecule has 0 aromatic heterocycles. The van der Waals surface area contributed by atoms with Crippen LogP contribution in [0.2, 0.25) is 10.0 Å². The van der Waals surface area contributed by atoms with Crippen molar-refractivity contribution in [2.45, 2.75) is 62.0 Å². The minimum Gasteiger partial charge on any atom is -0.352 e. The molecule has 0 aliphatic heterocycles. The number of carbonyl (C=O) groups is 2. The molecule has 45 heavy (non-hydrogen) atoms. The molecule has 1 atom stereocenters. The second-order valence-electron chi connectivity index (χ2n) is 11.6. The van der Waals surface area contributed by atoms with Crippen molar-refractivity contribution in [3.63, 3.8) is 0 Å². The maximum absolute atomic E-state index is 14.2. The van der Waals surface area contributed by atoms with Crippen molar-refractivity contribution in [1.29, 1.82) is 0 Å². The zero-order valence-electron chi connectivity index (χ0n) is 25.2. The molecule has 0 spiro atoms. The molecule has 2 amide bonds. The summed E-state index contributed by atoms with van der Waals surface area (Å²) in [5, 5.41) is 5.67. The van der Waals surface area contributed by atoms with Crippen LogP contribution in [0.25, 0.3) is 10.8 Å². The molecule has 1 aliphatic carbocycles. The zero-order valence-corrected chi connectivity index (χ0v) is 27.5. The van der Waals surface area contributed by atoms with E-state index in [2.05, 4.69) is 5.32 Å². The number of nitrogens with zero attached hydrogens (tertiary/aromatic N) is 2. The van der Waals surface area contributed by atoms with Gasteiger partial charge < -0.3 is 10.2 Å². The van der Waals surface area contributed by atoms with Gasteiger partial charge in [0, 0.05) is 36.1 Å². The maximum Gasteiger partial charge on any atom is 0.243 e. The predicted molar refractivity (Wildman–Crippen MR) is 180 cm³/mol. The smallest absolute Gasteiger partial charge is 0.243 e. The van der Waals surface area contributed by atoms with Crippen LogP contribution in [0.5, 0.6) is 0 Å².